The molecule has 0 bridgehead atoms. The highest BCUT2D eigenvalue weighted by Gasteiger charge is 1.97. The van der Waals surface area contributed by atoms with E-state index in [1.54, 1.807) is 0 Å². The molecule has 0 aliphatic rings. The van der Waals surface area contributed by atoms with Crippen LogP contribution in [0.1, 0.15) is 225 Å². The van der Waals surface area contributed by atoms with Crippen molar-refractivity contribution in [3.63, 3.8) is 0 Å². The minimum Gasteiger partial charge on any atom is -0.396 e. The normalized spacial score (nSPS) is 11.6. The Morgan fingerprint density at radius 3 is 0.700 bits per heavy atom. The second-order valence-corrected chi connectivity index (χ2v) is 13.1. The minimum absolute atomic E-state index is 0.372. The number of unbranched alkanes of at least 4 members (excludes halogenated alkanes) is 32. The van der Waals surface area contributed by atoms with E-state index in [0.29, 0.717) is 6.61 Å². The van der Waals surface area contributed by atoms with Crippen LogP contribution in [0.2, 0.25) is 0 Å². The molecule has 0 heterocycles. The van der Waals surface area contributed by atoms with Crippen LogP contribution < -0.4 is 5.32 Å². The van der Waals surface area contributed by atoms with Gasteiger partial charge >= 0.3 is 0 Å². The summed E-state index contributed by atoms with van der Waals surface area (Å²) in [4.78, 5) is 0. The maximum Gasteiger partial charge on any atom is 0.0431 e. The van der Waals surface area contributed by atoms with Crippen molar-refractivity contribution in [1.82, 2.24) is 5.32 Å². The van der Waals surface area contributed by atoms with Crippen molar-refractivity contribution in [3.05, 3.63) is 0 Å². The summed E-state index contributed by atoms with van der Waals surface area (Å²) in [6.07, 6.45) is 48.4. The first kappa shape index (κ1) is 39.9. The molecule has 0 aliphatic heterocycles. The van der Waals surface area contributed by atoms with E-state index in [-0.39, 0.29) is 0 Å². The van der Waals surface area contributed by atoms with Crippen LogP contribution in [0.15, 0.2) is 0 Å². The molecule has 0 aromatic rings. The van der Waals surface area contributed by atoms with Gasteiger partial charge in [-0.2, -0.15) is 0 Å². The Morgan fingerprint density at radius 2 is 0.475 bits per heavy atom. The van der Waals surface area contributed by atoms with Crippen molar-refractivity contribution >= 4 is 0 Å². The highest BCUT2D eigenvalue weighted by atomic mass is 16.2. The summed E-state index contributed by atoms with van der Waals surface area (Å²) >= 11 is 0. The van der Waals surface area contributed by atoms with Gasteiger partial charge in [0.1, 0.15) is 0 Å². The van der Waals surface area contributed by atoms with E-state index in [1.807, 2.05) is 0 Å². The average Bonchev–Trinajstić information content (AvgIpc) is 2.97. The zero-order valence-electron chi connectivity index (χ0n) is 28.1. The molecule has 0 fully saturated rings. The standard InChI is InChI=1S/C38H79NO/c1-2-3-4-5-6-7-8-9-10-15-18-21-24-27-30-33-36-39-37-34-31-28-25-22-19-16-13-11-12-14-17-20-23-26-29-32-35-38-40/h39-40H,2-38H2,1H3. The summed E-state index contributed by atoms with van der Waals surface area (Å²) in [5.74, 6) is 0. The second-order valence-electron chi connectivity index (χ2n) is 13.1. The number of nitrogens with one attached hydrogen (secondary N) is 1. The molecular formula is C38H79NO. The maximum absolute atomic E-state index is 8.79. The minimum atomic E-state index is 0.372. The Kier molecular flexibility index (Phi) is 38.8. The Bertz CT molecular complexity index is 374. The number of hydrogen-bond acceptors (Lipinski definition) is 2. The van der Waals surface area contributed by atoms with Gasteiger partial charge in [-0.3, -0.25) is 0 Å². The molecule has 0 aromatic carbocycles. The topological polar surface area (TPSA) is 32.3 Å². The number of aliphatic hydroxyl groups excluding tert-OH is 1. The zero-order chi connectivity index (χ0) is 28.9. The summed E-state index contributed by atoms with van der Waals surface area (Å²) in [7, 11) is 0. The molecule has 2 nitrogen and oxygen atoms in total. The predicted octanol–water partition coefficient (Wildman–Crippen LogP) is 12.9. The first-order valence-electron chi connectivity index (χ1n) is 19.2. The van der Waals surface area contributed by atoms with E-state index in [0.717, 1.165) is 6.42 Å². The summed E-state index contributed by atoms with van der Waals surface area (Å²) in [6, 6.07) is 0. The highest BCUT2D eigenvalue weighted by molar-refractivity contribution is 4.54. The third kappa shape index (κ3) is 37.9. The lowest BCUT2D eigenvalue weighted by Crippen LogP contribution is -2.16. The molecular weight excluding hydrogens is 486 g/mol. The van der Waals surface area contributed by atoms with Gasteiger partial charge in [-0.1, -0.05) is 206 Å². The molecule has 2 N–H and O–H groups in total. The maximum atomic E-state index is 8.79. The Labute approximate surface area is 255 Å². The molecule has 0 rings (SSSR count). The van der Waals surface area contributed by atoms with Gasteiger partial charge in [0.2, 0.25) is 0 Å². The summed E-state index contributed by atoms with van der Waals surface area (Å²) in [5, 5.41) is 12.5. The lowest BCUT2D eigenvalue weighted by Gasteiger charge is -2.06. The van der Waals surface area contributed by atoms with Crippen LogP contribution in [0, 0.1) is 0 Å². The lowest BCUT2D eigenvalue weighted by molar-refractivity contribution is 0.282. The molecule has 0 amide bonds. The van der Waals surface area contributed by atoms with Crippen LogP contribution in [-0.4, -0.2) is 24.8 Å². The number of rotatable bonds is 37. The van der Waals surface area contributed by atoms with Crippen molar-refractivity contribution in [2.75, 3.05) is 19.7 Å². The fourth-order valence-electron chi connectivity index (χ4n) is 6.11. The fourth-order valence-corrected chi connectivity index (χ4v) is 6.11. The molecule has 0 spiro atoms. The largest absolute Gasteiger partial charge is 0.396 e. The fraction of sp³-hybridized carbons (Fsp3) is 1.00. The van der Waals surface area contributed by atoms with E-state index >= 15 is 0 Å². The van der Waals surface area contributed by atoms with Gasteiger partial charge in [-0.25, -0.2) is 0 Å². The molecule has 0 aliphatic carbocycles. The molecule has 0 aromatic heterocycles. The van der Waals surface area contributed by atoms with Crippen molar-refractivity contribution < 1.29 is 5.11 Å². The van der Waals surface area contributed by atoms with Gasteiger partial charge < -0.3 is 10.4 Å². The quantitative estimate of drug-likeness (QED) is 0.0734. The third-order valence-corrected chi connectivity index (χ3v) is 8.97. The van der Waals surface area contributed by atoms with Crippen LogP contribution >= 0.6 is 0 Å². The van der Waals surface area contributed by atoms with Crippen LogP contribution in [0.3, 0.4) is 0 Å². The average molecular weight is 566 g/mol. The molecule has 0 atom stereocenters. The van der Waals surface area contributed by atoms with Crippen LogP contribution in [0.25, 0.3) is 0 Å². The Balaban J connectivity index is 3.01. The lowest BCUT2D eigenvalue weighted by atomic mass is 10.0. The van der Waals surface area contributed by atoms with E-state index in [1.165, 1.54) is 225 Å². The van der Waals surface area contributed by atoms with E-state index in [2.05, 4.69) is 12.2 Å². The number of aliphatic hydroxyl groups is 1. The van der Waals surface area contributed by atoms with Gasteiger partial charge in [-0.05, 0) is 32.4 Å². The van der Waals surface area contributed by atoms with Crippen molar-refractivity contribution in [2.45, 2.75) is 225 Å². The summed E-state index contributed by atoms with van der Waals surface area (Å²) in [6.45, 7) is 5.16. The van der Waals surface area contributed by atoms with Gasteiger partial charge in [0.15, 0.2) is 0 Å². The molecule has 2 heteroatoms. The smallest absolute Gasteiger partial charge is 0.0431 e. The first-order chi connectivity index (χ1) is 19.9. The third-order valence-electron chi connectivity index (χ3n) is 8.97. The molecule has 0 saturated carbocycles. The molecule has 40 heavy (non-hydrogen) atoms. The molecule has 0 radical (unpaired) electrons. The van der Waals surface area contributed by atoms with E-state index in [9.17, 15) is 0 Å². The number of hydrogen-bond donors (Lipinski definition) is 2. The van der Waals surface area contributed by atoms with Gasteiger partial charge in [0.25, 0.3) is 0 Å². The molecule has 242 valence electrons. The van der Waals surface area contributed by atoms with Crippen LogP contribution in [0.4, 0.5) is 0 Å². The van der Waals surface area contributed by atoms with Crippen LogP contribution in [-0.2, 0) is 0 Å². The second kappa shape index (κ2) is 38.9. The summed E-state index contributed by atoms with van der Waals surface area (Å²) < 4.78 is 0. The highest BCUT2D eigenvalue weighted by Crippen LogP contribution is 2.15. The van der Waals surface area contributed by atoms with Gasteiger partial charge in [0, 0.05) is 6.61 Å². The van der Waals surface area contributed by atoms with Crippen molar-refractivity contribution in [3.8, 4) is 0 Å². The summed E-state index contributed by atoms with van der Waals surface area (Å²) in [5.41, 5.74) is 0. The van der Waals surface area contributed by atoms with E-state index in [4.69, 9.17) is 5.11 Å². The zero-order valence-corrected chi connectivity index (χ0v) is 28.1. The molecule has 0 unspecified atom stereocenters. The Hall–Kier alpha value is -0.0800. The van der Waals surface area contributed by atoms with Crippen LogP contribution in [0.5, 0.6) is 0 Å². The van der Waals surface area contributed by atoms with Crippen molar-refractivity contribution in [1.29, 1.82) is 0 Å². The SMILES string of the molecule is CCCCCCCCCCCCCCCCCCNCCCCCCCCCCCCCCCCCCCCO. The van der Waals surface area contributed by atoms with Gasteiger partial charge in [0.05, 0.1) is 0 Å². The Morgan fingerprint density at radius 1 is 0.275 bits per heavy atom. The van der Waals surface area contributed by atoms with E-state index < -0.39 is 0 Å². The monoisotopic (exact) mass is 566 g/mol. The molecule has 0 saturated heterocycles. The first-order valence-corrected chi connectivity index (χ1v) is 19.2. The predicted molar refractivity (Wildman–Crippen MR) is 183 cm³/mol. The van der Waals surface area contributed by atoms with Gasteiger partial charge in [-0.15, -0.1) is 0 Å². The van der Waals surface area contributed by atoms with Crippen molar-refractivity contribution in [2.24, 2.45) is 0 Å².